The van der Waals surface area contributed by atoms with Crippen LogP contribution in [-0.2, 0) is 10.0 Å². The van der Waals surface area contributed by atoms with Gasteiger partial charge in [0.2, 0.25) is 10.0 Å². The fraction of sp³-hybridized carbons (Fsp3) is 0.0526. The summed E-state index contributed by atoms with van der Waals surface area (Å²) >= 11 is 0. The molecule has 8 heteroatoms. The first-order valence-electron chi connectivity index (χ1n) is 7.94. The molecule has 2 aromatic carbocycles. The minimum Gasteiger partial charge on any atom is -0.370 e. The van der Waals surface area contributed by atoms with Gasteiger partial charge in [-0.15, -0.1) is 0 Å². The molecular formula is C19H16FN3O3S. The summed E-state index contributed by atoms with van der Waals surface area (Å²) in [5, 5.41) is 8.20. The Kier molecular flexibility index (Phi) is 5.29. The first-order chi connectivity index (χ1) is 12.8. The van der Waals surface area contributed by atoms with Crippen LogP contribution in [0.25, 0.3) is 0 Å². The smallest absolute Gasteiger partial charge is 0.238 e. The van der Waals surface area contributed by atoms with Crippen molar-refractivity contribution in [1.82, 2.24) is 4.98 Å². The molecule has 3 rings (SSSR count). The molecule has 0 amide bonds. The van der Waals surface area contributed by atoms with E-state index < -0.39 is 21.9 Å². The Morgan fingerprint density at radius 2 is 1.70 bits per heavy atom. The van der Waals surface area contributed by atoms with Crippen LogP contribution in [0.3, 0.4) is 0 Å². The number of benzene rings is 2. The molecule has 1 unspecified atom stereocenters. The number of pyridine rings is 1. The van der Waals surface area contributed by atoms with E-state index in [0.29, 0.717) is 16.8 Å². The largest absolute Gasteiger partial charge is 0.370 e. The van der Waals surface area contributed by atoms with Crippen molar-refractivity contribution >= 4 is 21.5 Å². The molecule has 27 heavy (non-hydrogen) atoms. The van der Waals surface area contributed by atoms with Crippen molar-refractivity contribution in [2.24, 2.45) is 5.14 Å². The zero-order chi connectivity index (χ0) is 19.4. The SMILES string of the molecule is NS(=O)(=O)c1ccc(C(Nc2cccnc2)C(=O)c2ccc(F)cc2)cc1. The Morgan fingerprint density at radius 1 is 1.04 bits per heavy atom. The number of nitrogens with two attached hydrogens (primary N) is 1. The highest BCUT2D eigenvalue weighted by atomic mass is 32.2. The van der Waals surface area contributed by atoms with E-state index in [2.05, 4.69) is 10.3 Å². The molecule has 1 aromatic heterocycles. The van der Waals surface area contributed by atoms with Gasteiger partial charge in [0.05, 0.1) is 10.6 Å². The van der Waals surface area contributed by atoms with E-state index in [-0.39, 0.29) is 10.7 Å². The van der Waals surface area contributed by atoms with Crippen molar-refractivity contribution in [3.63, 3.8) is 0 Å². The number of rotatable bonds is 6. The molecule has 3 N–H and O–H groups in total. The van der Waals surface area contributed by atoms with Crippen LogP contribution in [0.2, 0.25) is 0 Å². The second-order valence-corrected chi connectivity index (χ2v) is 7.37. The lowest BCUT2D eigenvalue weighted by Crippen LogP contribution is -2.22. The summed E-state index contributed by atoms with van der Waals surface area (Å²) in [6, 6.07) is 13.5. The van der Waals surface area contributed by atoms with E-state index in [0.717, 1.165) is 0 Å². The number of nitrogens with one attached hydrogen (secondary N) is 1. The van der Waals surface area contributed by atoms with Crippen molar-refractivity contribution < 1.29 is 17.6 Å². The van der Waals surface area contributed by atoms with E-state index in [4.69, 9.17) is 5.14 Å². The van der Waals surface area contributed by atoms with Gasteiger partial charge in [-0.1, -0.05) is 12.1 Å². The lowest BCUT2D eigenvalue weighted by atomic mass is 9.97. The number of aromatic nitrogens is 1. The number of halogens is 1. The number of primary sulfonamides is 1. The molecule has 0 radical (unpaired) electrons. The first kappa shape index (κ1) is 18.7. The number of nitrogens with zero attached hydrogens (tertiary/aromatic N) is 1. The maximum atomic E-state index is 13.2. The van der Waals surface area contributed by atoms with Gasteiger partial charge >= 0.3 is 0 Å². The predicted octanol–water partition coefficient (Wildman–Crippen LogP) is 2.90. The zero-order valence-corrected chi connectivity index (χ0v) is 14.9. The van der Waals surface area contributed by atoms with Crippen LogP contribution >= 0.6 is 0 Å². The number of carbonyl (C=O) groups excluding carboxylic acids is 1. The Bertz CT molecular complexity index is 1040. The van der Waals surface area contributed by atoms with Gasteiger partial charge in [0.25, 0.3) is 0 Å². The van der Waals surface area contributed by atoms with Crippen LogP contribution in [0.15, 0.2) is 78.0 Å². The van der Waals surface area contributed by atoms with E-state index in [1.807, 2.05) is 0 Å². The number of sulfonamides is 1. The molecule has 0 aliphatic rings. The van der Waals surface area contributed by atoms with Crippen molar-refractivity contribution in [2.75, 3.05) is 5.32 Å². The number of hydrogen-bond acceptors (Lipinski definition) is 5. The minimum atomic E-state index is -3.84. The zero-order valence-electron chi connectivity index (χ0n) is 14.0. The molecule has 0 saturated carbocycles. The van der Waals surface area contributed by atoms with Crippen molar-refractivity contribution in [2.45, 2.75) is 10.9 Å². The van der Waals surface area contributed by atoms with Gasteiger partial charge in [-0.25, -0.2) is 17.9 Å². The highest BCUT2D eigenvalue weighted by Crippen LogP contribution is 2.24. The summed E-state index contributed by atoms with van der Waals surface area (Å²) in [5.41, 5.74) is 1.45. The second kappa shape index (κ2) is 7.65. The van der Waals surface area contributed by atoms with Gasteiger partial charge in [0.1, 0.15) is 11.9 Å². The van der Waals surface area contributed by atoms with E-state index in [1.165, 1.54) is 48.5 Å². The summed E-state index contributed by atoms with van der Waals surface area (Å²) in [5.74, 6) is -0.747. The van der Waals surface area contributed by atoms with Gasteiger partial charge < -0.3 is 5.32 Å². The quantitative estimate of drug-likeness (QED) is 0.635. The third-order valence-corrected chi connectivity index (χ3v) is 4.83. The highest BCUT2D eigenvalue weighted by Gasteiger charge is 2.23. The number of hydrogen-bond donors (Lipinski definition) is 2. The number of anilines is 1. The Hall–Kier alpha value is -3.10. The number of Topliss-reactive ketones (excluding diaryl/α,β-unsaturated/α-hetero) is 1. The summed E-state index contributed by atoms with van der Waals surface area (Å²) < 4.78 is 36.1. The molecule has 0 aliphatic carbocycles. The normalized spacial score (nSPS) is 12.4. The average Bonchev–Trinajstić information content (AvgIpc) is 2.66. The Labute approximate surface area is 155 Å². The van der Waals surface area contributed by atoms with Gasteiger partial charge in [-0.05, 0) is 54.1 Å². The Morgan fingerprint density at radius 3 is 2.26 bits per heavy atom. The molecule has 0 fully saturated rings. The fourth-order valence-electron chi connectivity index (χ4n) is 2.55. The lowest BCUT2D eigenvalue weighted by Gasteiger charge is -2.19. The van der Waals surface area contributed by atoms with Crippen molar-refractivity contribution in [1.29, 1.82) is 0 Å². The number of ketones is 1. The first-order valence-corrected chi connectivity index (χ1v) is 9.48. The second-order valence-electron chi connectivity index (χ2n) is 5.80. The van der Waals surface area contributed by atoms with Crippen molar-refractivity contribution in [3.8, 4) is 0 Å². The molecule has 1 heterocycles. The topological polar surface area (TPSA) is 102 Å². The monoisotopic (exact) mass is 385 g/mol. The molecule has 138 valence electrons. The van der Waals surface area contributed by atoms with Crippen LogP contribution in [-0.4, -0.2) is 19.2 Å². The van der Waals surface area contributed by atoms with Gasteiger partial charge in [-0.2, -0.15) is 0 Å². The van der Waals surface area contributed by atoms with Crippen molar-refractivity contribution in [3.05, 3.63) is 90.0 Å². The van der Waals surface area contributed by atoms with Crippen LogP contribution < -0.4 is 10.5 Å². The van der Waals surface area contributed by atoms with Gasteiger partial charge in [-0.3, -0.25) is 9.78 Å². The minimum absolute atomic E-state index is 0.0550. The van der Waals surface area contributed by atoms with E-state index >= 15 is 0 Å². The maximum Gasteiger partial charge on any atom is 0.238 e. The Balaban J connectivity index is 1.99. The molecule has 0 aliphatic heterocycles. The molecule has 0 bridgehead atoms. The van der Waals surface area contributed by atoms with E-state index in [9.17, 15) is 17.6 Å². The molecular weight excluding hydrogens is 369 g/mol. The molecule has 1 atom stereocenters. The van der Waals surface area contributed by atoms with Crippen LogP contribution in [0.5, 0.6) is 0 Å². The van der Waals surface area contributed by atoms with E-state index in [1.54, 1.807) is 24.5 Å². The molecule has 6 nitrogen and oxygen atoms in total. The third-order valence-electron chi connectivity index (χ3n) is 3.91. The lowest BCUT2D eigenvalue weighted by molar-refractivity contribution is 0.0969. The van der Waals surface area contributed by atoms with Crippen LogP contribution in [0, 0.1) is 5.82 Å². The van der Waals surface area contributed by atoms with Crippen LogP contribution in [0.4, 0.5) is 10.1 Å². The maximum absolute atomic E-state index is 13.2. The fourth-order valence-corrected chi connectivity index (χ4v) is 3.06. The van der Waals surface area contributed by atoms with Gasteiger partial charge in [0, 0.05) is 18.0 Å². The highest BCUT2D eigenvalue weighted by molar-refractivity contribution is 7.89. The predicted molar refractivity (Wildman–Crippen MR) is 99.1 cm³/mol. The average molecular weight is 385 g/mol. The third kappa shape index (κ3) is 4.55. The standard InChI is InChI=1S/C19H16FN3O3S/c20-15-7-3-14(4-8-15)19(24)18(23-16-2-1-11-22-12-16)13-5-9-17(10-6-13)27(21,25)26/h1-12,18,23H,(H2,21,25,26). The van der Waals surface area contributed by atoms with Crippen LogP contribution in [0.1, 0.15) is 22.0 Å². The van der Waals surface area contributed by atoms with Gasteiger partial charge in [0.15, 0.2) is 5.78 Å². The number of carbonyl (C=O) groups is 1. The summed E-state index contributed by atoms with van der Waals surface area (Å²) in [6.45, 7) is 0. The summed E-state index contributed by atoms with van der Waals surface area (Å²) in [6.07, 6.45) is 3.16. The molecule has 0 spiro atoms. The summed E-state index contributed by atoms with van der Waals surface area (Å²) in [7, 11) is -3.84. The molecule has 3 aromatic rings. The molecule has 0 saturated heterocycles. The summed E-state index contributed by atoms with van der Waals surface area (Å²) in [4.78, 5) is 16.9.